The highest BCUT2D eigenvalue weighted by atomic mass is 15.2. The molecule has 298 valence electrons. The minimum atomic E-state index is 0.155. The zero-order valence-electron chi connectivity index (χ0n) is 34.7. The molecule has 0 radical (unpaired) electrons. The Bertz CT molecular complexity index is 2420. The maximum absolute atomic E-state index is 5.16. The number of nitrogens with one attached hydrogen (secondary N) is 1. The van der Waals surface area contributed by atoms with Gasteiger partial charge in [0.15, 0.2) is 0 Å². The fourth-order valence-corrected chi connectivity index (χ4v) is 10.4. The molecule has 1 heterocycles. The molecule has 1 saturated carbocycles. The van der Waals surface area contributed by atoms with E-state index in [4.69, 9.17) is 9.98 Å². The summed E-state index contributed by atoms with van der Waals surface area (Å²) in [5, 5.41) is 0. The number of aromatic amines is 1. The van der Waals surface area contributed by atoms with Crippen LogP contribution in [0, 0.1) is 11.8 Å². The van der Waals surface area contributed by atoms with Gasteiger partial charge in [-0.25, -0.2) is 4.98 Å². The van der Waals surface area contributed by atoms with E-state index in [-0.39, 0.29) is 11.5 Å². The molecule has 0 saturated heterocycles. The second kappa shape index (κ2) is 16.2. The van der Waals surface area contributed by atoms with Gasteiger partial charge in [0.1, 0.15) is 5.82 Å². The smallest absolute Gasteiger partial charge is 0.138 e. The lowest BCUT2D eigenvalue weighted by Crippen LogP contribution is -2.42. The molecule has 5 heteroatoms. The number of benzene rings is 2. The zero-order chi connectivity index (χ0) is 39.8. The number of para-hydroxylation sites is 2. The Morgan fingerprint density at radius 2 is 1.69 bits per heavy atom. The number of aromatic nitrogens is 2. The van der Waals surface area contributed by atoms with Gasteiger partial charge in [-0.2, -0.15) is 0 Å². The van der Waals surface area contributed by atoms with Crippen LogP contribution in [0.25, 0.3) is 16.6 Å². The van der Waals surface area contributed by atoms with Crippen molar-refractivity contribution in [2.24, 2.45) is 16.8 Å². The van der Waals surface area contributed by atoms with Gasteiger partial charge in [-0.15, -0.1) is 0 Å². The predicted molar refractivity (Wildman–Crippen MR) is 247 cm³/mol. The number of hydrogen-bond donors (Lipinski definition) is 1. The van der Waals surface area contributed by atoms with Crippen molar-refractivity contribution in [2.45, 2.75) is 95.2 Å². The van der Waals surface area contributed by atoms with Gasteiger partial charge in [0.25, 0.3) is 0 Å². The zero-order valence-corrected chi connectivity index (χ0v) is 34.7. The summed E-state index contributed by atoms with van der Waals surface area (Å²) in [5.41, 5.74) is 12.8. The third kappa shape index (κ3) is 7.68. The van der Waals surface area contributed by atoms with Crippen LogP contribution < -0.4 is 4.90 Å². The highest BCUT2D eigenvalue weighted by Gasteiger charge is 2.56. The van der Waals surface area contributed by atoms with Gasteiger partial charge in [-0.05, 0) is 125 Å². The van der Waals surface area contributed by atoms with Crippen LogP contribution >= 0.6 is 0 Å². The minimum Gasteiger partial charge on any atom is -0.367 e. The first-order valence-corrected chi connectivity index (χ1v) is 22.2. The quantitative estimate of drug-likeness (QED) is 0.156. The van der Waals surface area contributed by atoms with Crippen molar-refractivity contribution in [1.29, 1.82) is 0 Å². The minimum absolute atomic E-state index is 0.155. The molecule has 0 bridgehead atoms. The van der Waals surface area contributed by atoms with E-state index in [1.807, 2.05) is 6.07 Å². The van der Waals surface area contributed by atoms with Gasteiger partial charge < -0.3 is 14.8 Å². The molecule has 10 rings (SSSR count). The number of allylic oxidation sites excluding steroid dienone is 15. The summed E-state index contributed by atoms with van der Waals surface area (Å²) >= 11 is 0. The van der Waals surface area contributed by atoms with E-state index in [9.17, 15) is 0 Å². The number of nitrogens with zero attached hydrogens (tertiary/aromatic N) is 4. The number of fused-ring (bicyclic) bond motifs is 2. The Kier molecular flexibility index (Phi) is 10.3. The molecular formula is C54H57N5. The topological polar surface area (TPSA) is 47.5 Å². The molecule has 1 N–H and O–H groups in total. The lowest BCUT2D eigenvalue weighted by Gasteiger charge is -2.39. The Morgan fingerprint density at radius 3 is 2.46 bits per heavy atom. The van der Waals surface area contributed by atoms with Crippen molar-refractivity contribution in [3.05, 3.63) is 186 Å². The molecule has 3 aromatic rings. The third-order valence-electron chi connectivity index (χ3n) is 13.9. The fraction of sp³-hybridized carbons (Fsp3) is 0.333. The maximum Gasteiger partial charge on any atom is 0.138 e. The molecule has 7 aliphatic carbocycles. The molecule has 2 aromatic carbocycles. The van der Waals surface area contributed by atoms with Crippen molar-refractivity contribution in [3.63, 3.8) is 0 Å². The van der Waals surface area contributed by atoms with Crippen LogP contribution in [0.3, 0.4) is 0 Å². The third-order valence-corrected chi connectivity index (χ3v) is 13.9. The predicted octanol–water partition coefficient (Wildman–Crippen LogP) is 12.4. The summed E-state index contributed by atoms with van der Waals surface area (Å²) in [4.78, 5) is 18.9. The lowest BCUT2D eigenvalue weighted by atomic mass is 9.85. The van der Waals surface area contributed by atoms with Crippen LogP contribution in [0.2, 0.25) is 0 Å². The van der Waals surface area contributed by atoms with Crippen molar-refractivity contribution >= 4 is 28.0 Å². The molecule has 5 atom stereocenters. The van der Waals surface area contributed by atoms with E-state index in [0.29, 0.717) is 23.9 Å². The summed E-state index contributed by atoms with van der Waals surface area (Å²) in [6, 6.07) is 18.9. The van der Waals surface area contributed by atoms with Crippen LogP contribution in [0.5, 0.6) is 0 Å². The molecule has 3 unspecified atom stereocenters. The maximum atomic E-state index is 5.16. The van der Waals surface area contributed by atoms with Crippen molar-refractivity contribution in [1.82, 2.24) is 14.9 Å². The van der Waals surface area contributed by atoms with Crippen LogP contribution in [0.4, 0.5) is 5.69 Å². The van der Waals surface area contributed by atoms with Gasteiger partial charge in [-0.1, -0.05) is 121 Å². The standard InChI is InChI=1S/C54H57N5/c1-38-13-5-3-8-18-50(38)55-39(2)41-21-27-45(28-22-41)58(37-40-14-9-10-15-40)49-33-34-54(36-44(54)35-49)43-25-31-48(32-26-43)59(46-16-6-4-7-17-46)47-29-23-42(24-30-47)53-56-51-19-11-12-20-52(51)57-53/h4-7,9-16,19-21,23-27,29,31-34,40,44,46-47,49H,3,8,17-18,22,28,30,35-37H2,1-2H3,(H,56,57)/b55-39+/t44-,46?,47?,49+,54?/m0/s1. The van der Waals surface area contributed by atoms with E-state index in [0.717, 1.165) is 61.9 Å². The van der Waals surface area contributed by atoms with Crippen LogP contribution in [-0.4, -0.2) is 45.2 Å². The summed E-state index contributed by atoms with van der Waals surface area (Å²) in [6.07, 6.45) is 49.6. The summed E-state index contributed by atoms with van der Waals surface area (Å²) in [5.74, 6) is 2.07. The first-order valence-electron chi connectivity index (χ1n) is 22.2. The van der Waals surface area contributed by atoms with E-state index in [1.165, 1.54) is 64.3 Å². The largest absolute Gasteiger partial charge is 0.367 e. The Morgan fingerprint density at radius 1 is 0.847 bits per heavy atom. The molecule has 1 fully saturated rings. The average molecular weight is 776 g/mol. The first kappa shape index (κ1) is 37.6. The Hall–Kier alpha value is -5.68. The molecule has 0 aliphatic heterocycles. The molecule has 5 nitrogen and oxygen atoms in total. The molecule has 7 aliphatic rings. The second-order valence-electron chi connectivity index (χ2n) is 17.7. The monoisotopic (exact) mass is 775 g/mol. The van der Waals surface area contributed by atoms with Crippen LogP contribution in [-0.2, 0) is 5.41 Å². The molecule has 0 spiro atoms. The lowest BCUT2D eigenvalue weighted by molar-refractivity contribution is 0.244. The first-order chi connectivity index (χ1) is 29.0. The van der Waals surface area contributed by atoms with Gasteiger partial charge in [-0.3, -0.25) is 4.99 Å². The normalized spacial score (nSPS) is 27.5. The summed E-state index contributed by atoms with van der Waals surface area (Å²) in [6.45, 7) is 5.45. The highest BCUT2D eigenvalue weighted by Crippen LogP contribution is 2.60. The second-order valence-corrected chi connectivity index (χ2v) is 17.7. The van der Waals surface area contributed by atoms with E-state index in [1.54, 1.807) is 0 Å². The van der Waals surface area contributed by atoms with Gasteiger partial charge in [0.2, 0.25) is 0 Å². The number of rotatable bonds is 11. The summed E-state index contributed by atoms with van der Waals surface area (Å²) in [7, 11) is 0. The van der Waals surface area contributed by atoms with Crippen molar-refractivity contribution in [3.8, 4) is 0 Å². The number of hydrogen-bond acceptors (Lipinski definition) is 4. The van der Waals surface area contributed by atoms with E-state index >= 15 is 0 Å². The Balaban J connectivity index is 0.860. The van der Waals surface area contributed by atoms with E-state index < -0.39 is 0 Å². The van der Waals surface area contributed by atoms with Gasteiger partial charge in [0, 0.05) is 52.3 Å². The highest BCUT2D eigenvalue weighted by molar-refractivity contribution is 5.99. The Labute approximate surface area is 350 Å². The number of H-pyrrole nitrogens is 1. The molecule has 0 amide bonds. The van der Waals surface area contributed by atoms with Gasteiger partial charge in [0.05, 0.1) is 23.1 Å². The number of aliphatic imine (C=N–C) groups is 1. The van der Waals surface area contributed by atoms with Crippen LogP contribution in [0.1, 0.15) is 83.0 Å². The molecular weight excluding hydrogens is 719 g/mol. The fourth-order valence-electron chi connectivity index (χ4n) is 10.4. The molecule has 59 heavy (non-hydrogen) atoms. The SMILES string of the molecule is CC1=C(/N=C(\C)C2=CC=C(N(CC3C=CC=C3)[C@@H]3C=CC4(c5ccc(N(C6C=CC=CC6)C6C=CC(c7nc8ccccc8[nH]7)=CC6)cc5)C[C@@H]4C3)CC2)CCCC=C1. The van der Waals surface area contributed by atoms with Gasteiger partial charge >= 0.3 is 0 Å². The van der Waals surface area contributed by atoms with Crippen LogP contribution in [0.15, 0.2) is 179 Å². The molecule has 1 aromatic heterocycles. The van der Waals surface area contributed by atoms with E-state index in [2.05, 4.69) is 174 Å². The number of imidazole rings is 1. The average Bonchev–Trinajstić information content (AvgIpc) is 3.60. The summed E-state index contributed by atoms with van der Waals surface area (Å²) < 4.78 is 0. The van der Waals surface area contributed by atoms with Crippen molar-refractivity contribution < 1.29 is 0 Å². The number of anilines is 1. The van der Waals surface area contributed by atoms with Crippen molar-refractivity contribution in [2.75, 3.05) is 11.4 Å².